The number of nitrogens with one attached hydrogen (secondary N) is 3. The van der Waals surface area contributed by atoms with Crippen LogP contribution in [0.4, 0.5) is 5.69 Å². The van der Waals surface area contributed by atoms with Gasteiger partial charge < -0.3 is 25.4 Å². The summed E-state index contributed by atoms with van der Waals surface area (Å²) in [5, 5.41) is 4.45. The molecule has 0 saturated carbocycles. The van der Waals surface area contributed by atoms with Crippen LogP contribution in [-0.2, 0) is 4.74 Å². The third-order valence-corrected chi connectivity index (χ3v) is 6.95. The van der Waals surface area contributed by atoms with Crippen LogP contribution in [0, 0.1) is 5.92 Å². The molecule has 4 heterocycles. The monoisotopic (exact) mass is 458 g/mol. The van der Waals surface area contributed by atoms with Gasteiger partial charge in [-0.2, -0.15) is 0 Å². The van der Waals surface area contributed by atoms with Crippen LogP contribution >= 0.6 is 0 Å². The zero-order valence-electron chi connectivity index (χ0n) is 19.2. The maximum atomic E-state index is 13.6. The van der Waals surface area contributed by atoms with Gasteiger partial charge in [0.2, 0.25) is 0 Å². The number of fused-ring (bicyclic) bond motifs is 2. The van der Waals surface area contributed by atoms with E-state index in [0.717, 1.165) is 73.6 Å². The van der Waals surface area contributed by atoms with Crippen molar-refractivity contribution in [2.24, 2.45) is 5.92 Å². The van der Waals surface area contributed by atoms with Crippen molar-refractivity contribution in [3.63, 3.8) is 0 Å². The fourth-order valence-electron chi connectivity index (χ4n) is 5.05. The highest BCUT2D eigenvalue weighted by molar-refractivity contribution is 5.86. The number of benzene rings is 2. The molecule has 8 nitrogen and oxygen atoms in total. The lowest BCUT2D eigenvalue weighted by molar-refractivity contribution is 0.122. The largest absolute Gasteiger partial charge is 0.378 e. The van der Waals surface area contributed by atoms with E-state index in [0.29, 0.717) is 17.3 Å². The number of hydrogen-bond acceptors (Lipinski definition) is 6. The van der Waals surface area contributed by atoms with Gasteiger partial charge >= 0.3 is 0 Å². The van der Waals surface area contributed by atoms with Crippen LogP contribution in [-0.4, -0.2) is 60.6 Å². The number of para-hydroxylation sites is 1. The van der Waals surface area contributed by atoms with Crippen LogP contribution < -0.4 is 21.2 Å². The molecule has 8 heteroatoms. The first-order chi connectivity index (χ1) is 16.8. The Morgan fingerprint density at radius 3 is 2.85 bits per heavy atom. The van der Waals surface area contributed by atoms with Crippen LogP contribution in [0.25, 0.3) is 33.3 Å². The minimum Gasteiger partial charge on any atom is -0.378 e. The first kappa shape index (κ1) is 21.2. The van der Waals surface area contributed by atoms with Crippen molar-refractivity contribution in [1.82, 2.24) is 20.0 Å². The first-order valence-corrected chi connectivity index (χ1v) is 12.2. The number of ether oxygens (including phenoxy) is 1. The van der Waals surface area contributed by atoms with Gasteiger partial charge in [0.05, 0.1) is 35.3 Å². The molecule has 0 bridgehead atoms. The van der Waals surface area contributed by atoms with Crippen molar-refractivity contribution >= 4 is 27.6 Å². The van der Waals surface area contributed by atoms with E-state index < -0.39 is 0 Å². The minimum atomic E-state index is -0.0880. The number of anilines is 1. The van der Waals surface area contributed by atoms with Crippen LogP contribution in [0.1, 0.15) is 12.8 Å². The molecule has 6 rings (SSSR count). The minimum absolute atomic E-state index is 0.0880. The number of morpholine rings is 1. The number of aromatic amines is 1. The van der Waals surface area contributed by atoms with E-state index in [1.54, 1.807) is 4.68 Å². The predicted molar refractivity (Wildman–Crippen MR) is 136 cm³/mol. The summed E-state index contributed by atoms with van der Waals surface area (Å²) in [6.07, 6.45) is 2.34. The van der Waals surface area contributed by atoms with Gasteiger partial charge in [-0.15, -0.1) is 0 Å². The van der Waals surface area contributed by atoms with Crippen LogP contribution in [0.2, 0.25) is 0 Å². The van der Waals surface area contributed by atoms with Gasteiger partial charge in [0.1, 0.15) is 5.82 Å². The predicted octanol–water partition coefficient (Wildman–Crippen LogP) is 2.92. The molecule has 4 aromatic rings. The van der Waals surface area contributed by atoms with Gasteiger partial charge in [-0.1, -0.05) is 18.2 Å². The number of H-pyrrole nitrogens is 1. The highest BCUT2D eigenvalue weighted by Gasteiger charge is 2.18. The Hall–Kier alpha value is -3.36. The second-order valence-electron chi connectivity index (χ2n) is 9.22. The Morgan fingerprint density at radius 1 is 1.12 bits per heavy atom. The summed E-state index contributed by atoms with van der Waals surface area (Å²) in [6.45, 7) is 6.04. The van der Waals surface area contributed by atoms with Crippen molar-refractivity contribution in [2.75, 3.05) is 56.3 Å². The number of imidazole rings is 1. The fourth-order valence-corrected chi connectivity index (χ4v) is 5.05. The molecule has 176 valence electrons. The van der Waals surface area contributed by atoms with Gasteiger partial charge in [0.25, 0.3) is 5.56 Å². The van der Waals surface area contributed by atoms with Crippen LogP contribution in [0.5, 0.6) is 0 Å². The second-order valence-corrected chi connectivity index (χ2v) is 9.22. The molecule has 0 aliphatic carbocycles. The highest BCUT2D eigenvalue weighted by atomic mass is 16.5. The summed E-state index contributed by atoms with van der Waals surface area (Å²) in [5.41, 5.74) is 7.70. The Morgan fingerprint density at radius 2 is 2.00 bits per heavy atom. The topological polar surface area (TPSA) is 87.2 Å². The summed E-state index contributed by atoms with van der Waals surface area (Å²) in [7, 11) is 0. The third-order valence-electron chi connectivity index (χ3n) is 6.95. The van der Waals surface area contributed by atoms with E-state index in [4.69, 9.17) is 9.72 Å². The molecule has 34 heavy (non-hydrogen) atoms. The third kappa shape index (κ3) is 4.03. The maximum absolute atomic E-state index is 13.6. The second kappa shape index (κ2) is 9.12. The molecule has 2 fully saturated rings. The summed E-state index contributed by atoms with van der Waals surface area (Å²) >= 11 is 0. The molecule has 3 N–H and O–H groups in total. The molecule has 2 aliphatic rings. The number of piperidine rings is 1. The molecular weight excluding hydrogens is 428 g/mol. The molecule has 1 atom stereocenters. The lowest BCUT2D eigenvalue weighted by Crippen LogP contribution is -2.38. The Kier molecular flexibility index (Phi) is 5.68. The van der Waals surface area contributed by atoms with Crippen molar-refractivity contribution in [2.45, 2.75) is 12.8 Å². The molecule has 1 unspecified atom stereocenters. The Balaban J connectivity index is 1.37. The average Bonchev–Trinajstić information content (AvgIpc) is 3.32. The summed E-state index contributed by atoms with van der Waals surface area (Å²) in [4.78, 5) is 24.2. The zero-order chi connectivity index (χ0) is 22.9. The van der Waals surface area contributed by atoms with Gasteiger partial charge in [-0.3, -0.25) is 4.79 Å². The Bertz CT molecular complexity index is 1360. The molecule has 0 spiro atoms. The van der Waals surface area contributed by atoms with E-state index in [1.807, 2.05) is 36.4 Å². The quantitative estimate of drug-likeness (QED) is 0.426. The van der Waals surface area contributed by atoms with E-state index in [2.05, 4.69) is 32.8 Å². The fraction of sp³-hybridized carbons (Fsp3) is 0.385. The number of pyridine rings is 1. The molecule has 2 aromatic heterocycles. The van der Waals surface area contributed by atoms with Crippen molar-refractivity contribution in [3.8, 4) is 11.4 Å². The van der Waals surface area contributed by atoms with E-state index in [-0.39, 0.29) is 5.56 Å². The van der Waals surface area contributed by atoms with Crippen LogP contribution in [0.15, 0.2) is 53.3 Å². The molecule has 2 saturated heterocycles. The highest BCUT2D eigenvalue weighted by Crippen LogP contribution is 2.25. The molecule has 0 radical (unpaired) electrons. The number of hydrogen-bond donors (Lipinski definition) is 3. The SMILES string of the molecule is O=c1c(-c2nc3cc(N4CCOCC4)ccc3[nH]2)cc2ccccc2n1NCC1CCCNC1. The normalized spacial score (nSPS) is 19.1. The molecule has 2 aromatic carbocycles. The summed E-state index contributed by atoms with van der Waals surface area (Å²) < 4.78 is 7.18. The van der Waals surface area contributed by atoms with Gasteiger partial charge in [0.15, 0.2) is 0 Å². The summed E-state index contributed by atoms with van der Waals surface area (Å²) in [6, 6.07) is 16.2. The van der Waals surface area contributed by atoms with Crippen LogP contribution in [0.3, 0.4) is 0 Å². The zero-order valence-corrected chi connectivity index (χ0v) is 19.2. The molecule has 0 amide bonds. The van der Waals surface area contributed by atoms with Crippen molar-refractivity contribution in [1.29, 1.82) is 0 Å². The van der Waals surface area contributed by atoms with Gasteiger partial charge in [0, 0.05) is 30.7 Å². The van der Waals surface area contributed by atoms with Gasteiger partial charge in [-0.25, -0.2) is 9.66 Å². The van der Waals surface area contributed by atoms with E-state index in [1.165, 1.54) is 12.8 Å². The Labute approximate surface area is 197 Å². The van der Waals surface area contributed by atoms with Crippen molar-refractivity contribution in [3.05, 3.63) is 58.9 Å². The van der Waals surface area contributed by atoms with E-state index in [9.17, 15) is 4.79 Å². The summed E-state index contributed by atoms with van der Waals surface area (Å²) in [5.74, 6) is 1.10. The van der Waals surface area contributed by atoms with Gasteiger partial charge in [-0.05, 0) is 62.2 Å². The maximum Gasteiger partial charge on any atom is 0.280 e. The first-order valence-electron chi connectivity index (χ1n) is 12.2. The smallest absolute Gasteiger partial charge is 0.280 e. The average molecular weight is 459 g/mol. The number of aromatic nitrogens is 3. The number of nitrogens with zero attached hydrogens (tertiary/aromatic N) is 3. The molecule has 2 aliphatic heterocycles. The lowest BCUT2D eigenvalue weighted by Gasteiger charge is -2.28. The number of rotatable bonds is 5. The van der Waals surface area contributed by atoms with Crippen molar-refractivity contribution < 1.29 is 4.74 Å². The lowest BCUT2D eigenvalue weighted by atomic mass is 10.0. The standard InChI is InChI=1S/C26H30N6O2/c33-26-21(25-29-22-8-7-20(15-23(22)30-25)31-10-12-34-13-11-31)14-19-5-1-2-6-24(19)32(26)28-17-18-4-3-9-27-16-18/h1-2,5-8,14-15,18,27-28H,3-4,9-13,16-17H2,(H,29,30). The van der Waals surface area contributed by atoms with E-state index >= 15 is 0 Å². The molecular formula is C26H30N6O2.